The summed E-state index contributed by atoms with van der Waals surface area (Å²) in [5.41, 5.74) is 2.79. The predicted octanol–water partition coefficient (Wildman–Crippen LogP) is 3.47. The summed E-state index contributed by atoms with van der Waals surface area (Å²) in [6.45, 7) is 3.14. The van der Waals surface area contributed by atoms with Crippen LogP contribution in [0.4, 0.5) is 0 Å². The summed E-state index contributed by atoms with van der Waals surface area (Å²) >= 11 is 0. The number of ether oxygens (including phenoxy) is 1. The first-order valence-electron chi connectivity index (χ1n) is 7.62. The van der Waals surface area contributed by atoms with Gasteiger partial charge >= 0.3 is 0 Å². The van der Waals surface area contributed by atoms with Crippen molar-refractivity contribution in [3.63, 3.8) is 0 Å². The topological polar surface area (TPSA) is 21.3 Å². The molecular formula is C17H27NO. The number of hydrogen-bond acceptors (Lipinski definition) is 2. The highest BCUT2D eigenvalue weighted by atomic mass is 16.5. The van der Waals surface area contributed by atoms with Gasteiger partial charge in [-0.25, -0.2) is 0 Å². The zero-order chi connectivity index (χ0) is 13.5. The Morgan fingerprint density at radius 1 is 1.42 bits per heavy atom. The van der Waals surface area contributed by atoms with Crippen LogP contribution >= 0.6 is 0 Å². The van der Waals surface area contributed by atoms with Crippen LogP contribution in [0.15, 0.2) is 24.3 Å². The van der Waals surface area contributed by atoms with Crippen LogP contribution in [0, 0.1) is 6.92 Å². The molecule has 1 saturated heterocycles. The van der Waals surface area contributed by atoms with Crippen LogP contribution in [0.3, 0.4) is 0 Å². The second-order valence-electron chi connectivity index (χ2n) is 5.74. The van der Waals surface area contributed by atoms with E-state index in [1.807, 2.05) is 0 Å². The van der Waals surface area contributed by atoms with E-state index < -0.39 is 0 Å². The Morgan fingerprint density at radius 3 is 3.00 bits per heavy atom. The fourth-order valence-corrected chi connectivity index (χ4v) is 2.94. The van der Waals surface area contributed by atoms with Gasteiger partial charge in [-0.05, 0) is 58.1 Å². The van der Waals surface area contributed by atoms with Gasteiger partial charge in [0.15, 0.2) is 0 Å². The van der Waals surface area contributed by atoms with Crippen LogP contribution in [0.1, 0.15) is 43.2 Å². The molecule has 2 nitrogen and oxygen atoms in total. The molecule has 1 aliphatic rings. The Kier molecular flexibility index (Phi) is 5.87. The second kappa shape index (κ2) is 7.66. The molecule has 0 aromatic heterocycles. The van der Waals surface area contributed by atoms with Crippen molar-refractivity contribution in [1.29, 1.82) is 0 Å². The standard InChI is InChI=1S/C17H27NO/c1-14-6-3-7-15(12-14)13-16(18-2)8-4-9-17-10-5-11-19-17/h3,6-7,12,16-18H,4-5,8-11,13H2,1-2H3. The van der Waals surface area contributed by atoms with Crippen molar-refractivity contribution in [2.45, 2.75) is 57.6 Å². The Labute approximate surface area is 117 Å². The highest BCUT2D eigenvalue weighted by Crippen LogP contribution is 2.19. The highest BCUT2D eigenvalue weighted by molar-refractivity contribution is 5.22. The van der Waals surface area contributed by atoms with Gasteiger partial charge in [0.2, 0.25) is 0 Å². The molecule has 0 saturated carbocycles. The van der Waals surface area contributed by atoms with Crippen molar-refractivity contribution >= 4 is 0 Å². The Bertz CT molecular complexity index is 371. The molecule has 0 spiro atoms. The lowest BCUT2D eigenvalue weighted by atomic mass is 9.98. The fraction of sp³-hybridized carbons (Fsp3) is 0.647. The van der Waals surface area contributed by atoms with E-state index >= 15 is 0 Å². The largest absolute Gasteiger partial charge is 0.378 e. The highest BCUT2D eigenvalue weighted by Gasteiger charge is 2.16. The Balaban J connectivity index is 1.73. The van der Waals surface area contributed by atoms with Crippen LogP contribution in [0.2, 0.25) is 0 Å². The van der Waals surface area contributed by atoms with Crippen molar-refractivity contribution in [3.8, 4) is 0 Å². The number of aryl methyl sites for hydroxylation is 1. The van der Waals surface area contributed by atoms with Crippen molar-refractivity contribution < 1.29 is 4.74 Å². The maximum Gasteiger partial charge on any atom is 0.0576 e. The van der Waals surface area contributed by atoms with Crippen LogP contribution in [0.5, 0.6) is 0 Å². The van der Waals surface area contributed by atoms with Gasteiger partial charge in [0.25, 0.3) is 0 Å². The first-order chi connectivity index (χ1) is 9.28. The molecule has 0 radical (unpaired) electrons. The molecular weight excluding hydrogens is 234 g/mol. The molecule has 2 rings (SSSR count). The minimum Gasteiger partial charge on any atom is -0.378 e. The molecule has 19 heavy (non-hydrogen) atoms. The molecule has 2 heteroatoms. The first-order valence-corrected chi connectivity index (χ1v) is 7.62. The van der Waals surface area contributed by atoms with E-state index in [2.05, 4.69) is 43.6 Å². The van der Waals surface area contributed by atoms with E-state index in [1.54, 1.807) is 0 Å². The summed E-state index contributed by atoms with van der Waals surface area (Å²) in [4.78, 5) is 0. The fourth-order valence-electron chi connectivity index (χ4n) is 2.94. The smallest absolute Gasteiger partial charge is 0.0576 e. The van der Waals surface area contributed by atoms with Gasteiger partial charge in [-0.2, -0.15) is 0 Å². The third-order valence-electron chi connectivity index (χ3n) is 4.08. The Morgan fingerprint density at radius 2 is 2.32 bits per heavy atom. The summed E-state index contributed by atoms with van der Waals surface area (Å²) < 4.78 is 5.68. The van der Waals surface area contributed by atoms with E-state index in [0.29, 0.717) is 12.1 Å². The van der Waals surface area contributed by atoms with Gasteiger partial charge in [-0.3, -0.25) is 0 Å². The monoisotopic (exact) mass is 261 g/mol. The minimum atomic E-state index is 0.538. The van der Waals surface area contributed by atoms with Gasteiger partial charge in [0.1, 0.15) is 0 Å². The molecule has 106 valence electrons. The average Bonchev–Trinajstić information content (AvgIpc) is 2.91. The van der Waals surface area contributed by atoms with E-state index in [4.69, 9.17) is 4.74 Å². The van der Waals surface area contributed by atoms with E-state index in [9.17, 15) is 0 Å². The molecule has 1 N–H and O–H groups in total. The van der Waals surface area contributed by atoms with Gasteiger partial charge in [0.05, 0.1) is 6.10 Å². The predicted molar refractivity (Wildman–Crippen MR) is 80.6 cm³/mol. The average molecular weight is 261 g/mol. The van der Waals surface area contributed by atoms with Gasteiger partial charge < -0.3 is 10.1 Å². The number of rotatable bonds is 7. The molecule has 2 atom stereocenters. The van der Waals surface area contributed by atoms with Gasteiger partial charge in [0, 0.05) is 12.6 Å². The van der Waals surface area contributed by atoms with Crippen LogP contribution in [-0.2, 0) is 11.2 Å². The number of likely N-dealkylation sites (N-methyl/N-ethyl adjacent to an activating group) is 1. The Hall–Kier alpha value is -0.860. The van der Waals surface area contributed by atoms with Crippen molar-refractivity contribution in [1.82, 2.24) is 5.32 Å². The summed E-state index contributed by atoms with van der Waals surface area (Å²) in [6.07, 6.45) is 7.92. The second-order valence-corrected chi connectivity index (χ2v) is 5.74. The van der Waals surface area contributed by atoms with Gasteiger partial charge in [-0.1, -0.05) is 29.8 Å². The van der Waals surface area contributed by atoms with Crippen LogP contribution in [-0.4, -0.2) is 25.8 Å². The molecule has 0 aliphatic carbocycles. The summed E-state index contributed by atoms with van der Waals surface area (Å²) in [6, 6.07) is 9.43. The van der Waals surface area contributed by atoms with Crippen LogP contribution in [0.25, 0.3) is 0 Å². The summed E-state index contributed by atoms with van der Waals surface area (Å²) in [5, 5.41) is 3.45. The normalized spacial score (nSPS) is 20.6. The summed E-state index contributed by atoms with van der Waals surface area (Å²) in [7, 11) is 2.08. The molecule has 1 aliphatic heterocycles. The first kappa shape index (κ1) is 14.5. The van der Waals surface area contributed by atoms with Crippen molar-refractivity contribution in [2.75, 3.05) is 13.7 Å². The quantitative estimate of drug-likeness (QED) is 0.811. The number of nitrogens with one attached hydrogen (secondary N) is 1. The van der Waals surface area contributed by atoms with E-state index in [0.717, 1.165) is 13.0 Å². The minimum absolute atomic E-state index is 0.538. The van der Waals surface area contributed by atoms with Crippen molar-refractivity contribution in [2.24, 2.45) is 0 Å². The molecule has 1 aromatic rings. The summed E-state index contributed by atoms with van der Waals surface area (Å²) in [5.74, 6) is 0. The maximum atomic E-state index is 5.68. The molecule has 1 aromatic carbocycles. The molecule has 0 bridgehead atoms. The third-order valence-corrected chi connectivity index (χ3v) is 4.08. The molecule has 1 fully saturated rings. The lowest BCUT2D eigenvalue weighted by molar-refractivity contribution is 0.101. The zero-order valence-electron chi connectivity index (χ0n) is 12.3. The molecule has 1 heterocycles. The van der Waals surface area contributed by atoms with Crippen LogP contribution < -0.4 is 5.32 Å². The third kappa shape index (κ3) is 4.96. The molecule has 0 amide bonds. The van der Waals surface area contributed by atoms with Crippen molar-refractivity contribution in [3.05, 3.63) is 35.4 Å². The zero-order valence-corrected chi connectivity index (χ0v) is 12.3. The maximum absolute atomic E-state index is 5.68. The SMILES string of the molecule is CNC(CCCC1CCCO1)Cc1cccc(C)c1. The van der Waals surface area contributed by atoms with E-state index in [-0.39, 0.29) is 0 Å². The molecule has 2 unspecified atom stereocenters. The number of hydrogen-bond donors (Lipinski definition) is 1. The lowest BCUT2D eigenvalue weighted by Gasteiger charge is -2.17. The lowest BCUT2D eigenvalue weighted by Crippen LogP contribution is -2.27. The van der Waals surface area contributed by atoms with E-state index in [1.165, 1.54) is 43.2 Å². The number of benzene rings is 1. The van der Waals surface area contributed by atoms with Gasteiger partial charge in [-0.15, -0.1) is 0 Å².